The summed E-state index contributed by atoms with van der Waals surface area (Å²) < 4.78 is 15.5. The summed E-state index contributed by atoms with van der Waals surface area (Å²) in [6, 6.07) is 0. The third-order valence-electron chi connectivity index (χ3n) is 2.01. The van der Waals surface area contributed by atoms with Gasteiger partial charge in [0, 0.05) is 13.5 Å². The van der Waals surface area contributed by atoms with Gasteiger partial charge in [0.2, 0.25) is 0 Å². The van der Waals surface area contributed by atoms with E-state index in [0.717, 1.165) is 0 Å². The molecule has 1 saturated heterocycles. The molecule has 0 aromatic rings. The Morgan fingerprint density at radius 2 is 2.25 bits per heavy atom. The maximum atomic E-state index is 9.43. The molecule has 5 heteroatoms. The molecule has 0 aliphatic carbocycles. The zero-order chi connectivity index (χ0) is 9.14. The summed E-state index contributed by atoms with van der Waals surface area (Å²) in [5.41, 5.74) is 0. The molecule has 0 unspecified atom stereocenters. The maximum absolute atomic E-state index is 9.43. The molecular formula is C7H13IO4. The lowest BCUT2D eigenvalue weighted by Gasteiger charge is -2.35. The first kappa shape index (κ1) is 10.6. The molecule has 4 atom stereocenters. The summed E-state index contributed by atoms with van der Waals surface area (Å²) in [5, 5.41) is 9.43. The fourth-order valence-corrected chi connectivity index (χ4v) is 1.66. The number of aliphatic hydroxyl groups is 1. The van der Waals surface area contributed by atoms with Crippen LogP contribution in [0.1, 0.15) is 13.3 Å². The second-order valence-corrected chi connectivity index (χ2v) is 3.38. The molecule has 1 N–H and O–H groups in total. The van der Waals surface area contributed by atoms with Crippen LogP contribution in [-0.4, -0.2) is 36.8 Å². The van der Waals surface area contributed by atoms with E-state index in [2.05, 4.69) is 0 Å². The topological polar surface area (TPSA) is 47.9 Å². The van der Waals surface area contributed by atoms with E-state index in [-0.39, 0.29) is 18.5 Å². The van der Waals surface area contributed by atoms with Gasteiger partial charge in [0.15, 0.2) is 6.29 Å². The summed E-state index contributed by atoms with van der Waals surface area (Å²) in [4.78, 5) is 0. The summed E-state index contributed by atoms with van der Waals surface area (Å²) in [6.45, 7) is 1.82. The summed E-state index contributed by atoms with van der Waals surface area (Å²) in [7, 11) is 1.57. The van der Waals surface area contributed by atoms with E-state index in [0.29, 0.717) is 6.42 Å². The quantitative estimate of drug-likeness (QED) is 0.766. The summed E-state index contributed by atoms with van der Waals surface area (Å²) in [6.07, 6.45) is -0.626. The zero-order valence-electron chi connectivity index (χ0n) is 7.07. The minimum atomic E-state index is -0.462. The fraction of sp³-hybridized carbons (Fsp3) is 1.00. The number of hydrogen-bond acceptors (Lipinski definition) is 4. The Balaban J connectivity index is 2.52. The second kappa shape index (κ2) is 4.71. The Kier molecular flexibility index (Phi) is 4.18. The average molecular weight is 288 g/mol. The SMILES string of the molecule is CO[C@@H]1O[C@@H](C)[C@H](O)C[C@H]1OI. The van der Waals surface area contributed by atoms with Crippen molar-refractivity contribution in [2.45, 2.75) is 37.9 Å². The minimum Gasteiger partial charge on any atom is -0.390 e. The highest BCUT2D eigenvalue weighted by atomic mass is 127. The van der Waals surface area contributed by atoms with Crippen LogP contribution in [0.4, 0.5) is 0 Å². The molecule has 0 aromatic carbocycles. The van der Waals surface area contributed by atoms with Crippen molar-refractivity contribution in [3.8, 4) is 0 Å². The van der Waals surface area contributed by atoms with Crippen LogP contribution < -0.4 is 0 Å². The Bertz CT molecular complexity index is 127. The van der Waals surface area contributed by atoms with E-state index in [1.165, 1.54) is 0 Å². The van der Waals surface area contributed by atoms with Crippen molar-refractivity contribution in [1.82, 2.24) is 0 Å². The van der Waals surface area contributed by atoms with E-state index < -0.39 is 6.10 Å². The molecule has 4 nitrogen and oxygen atoms in total. The average Bonchev–Trinajstić information content (AvgIpc) is 2.09. The van der Waals surface area contributed by atoms with Gasteiger partial charge in [0.05, 0.1) is 12.2 Å². The molecule has 0 amide bonds. The number of ether oxygens (including phenoxy) is 2. The Hall–Kier alpha value is 0.570. The molecule has 0 radical (unpaired) electrons. The van der Waals surface area contributed by atoms with Crippen LogP contribution in [-0.2, 0) is 12.5 Å². The molecule has 1 aliphatic rings. The second-order valence-electron chi connectivity index (χ2n) is 2.88. The van der Waals surface area contributed by atoms with Gasteiger partial charge in [-0.3, -0.25) is 0 Å². The van der Waals surface area contributed by atoms with Gasteiger partial charge in [0.25, 0.3) is 0 Å². The van der Waals surface area contributed by atoms with Gasteiger partial charge in [-0.15, -0.1) is 0 Å². The van der Waals surface area contributed by atoms with Crippen LogP contribution in [0.3, 0.4) is 0 Å². The summed E-state index contributed by atoms with van der Waals surface area (Å²) >= 11 is 1.79. The number of methoxy groups -OCH3 is 1. The fourth-order valence-electron chi connectivity index (χ4n) is 1.22. The van der Waals surface area contributed by atoms with Gasteiger partial charge in [-0.25, -0.2) is 0 Å². The van der Waals surface area contributed by atoms with Gasteiger partial charge in [-0.05, 0) is 6.92 Å². The normalized spacial score (nSPS) is 43.0. The van der Waals surface area contributed by atoms with E-state index in [4.69, 9.17) is 12.5 Å². The number of halogens is 1. The van der Waals surface area contributed by atoms with Gasteiger partial charge in [-0.1, -0.05) is 0 Å². The van der Waals surface area contributed by atoms with Crippen molar-refractivity contribution in [1.29, 1.82) is 0 Å². The Labute approximate surface area is 85.9 Å². The van der Waals surface area contributed by atoms with Gasteiger partial charge >= 0.3 is 0 Å². The monoisotopic (exact) mass is 288 g/mol. The molecule has 0 spiro atoms. The molecule has 1 fully saturated rings. The van der Waals surface area contributed by atoms with Crippen molar-refractivity contribution in [2.24, 2.45) is 0 Å². The molecule has 1 aliphatic heterocycles. The highest BCUT2D eigenvalue weighted by molar-refractivity contribution is 14.1. The minimum absolute atomic E-state index is 0.179. The largest absolute Gasteiger partial charge is 0.390 e. The third kappa shape index (κ3) is 2.29. The highest BCUT2D eigenvalue weighted by Crippen LogP contribution is 2.24. The van der Waals surface area contributed by atoms with Crippen LogP contribution in [0.15, 0.2) is 0 Å². The van der Waals surface area contributed by atoms with Gasteiger partial charge < -0.3 is 17.6 Å². The number of rotatable bonds is 2. The molecule has 12 heavy (non-hydrogen) atoms. The molecule has 0 saturated carbocycles. The predicted molar refractivity (Wildman–Crippen MR) is 50.9 cm³/mol. The van der Waals surface area contributed by atoms with E-state index in [1.54, 1.807) is 30.1 Å². The molecular weight excluding hydrogens is 275 g/mol. The molecule has 1 rings (SSSR count). The molecule has 0 aromatic heterocycles. The van der Waals surface area contributed by atoms with Crippen LogP contribution >= 0.6 is 23.0 Å². The molecule has 1 heterocycles. The van der Waals surface area contributed by atoms with Gasteiger partial charge in [-0.2, -0.15) is 0 Å². The Morgan fingerprint density at radius 3 is 2.75 bits per heavy atom. The van der Waals surface area contributed by atoms with Crippen LogP contribution in [0, 0.1) is 0 Å². The van der Waals surface area contributed by atoms with E-state index >= 15 is 0 Å². The van der Waals surface area contributed by atoms with Crippen molar-refractivity contribution in [3.05, 3.63) is 0 Å². The Morgan fingerprint density at radius 1 is 1.58 bits per heavy atom. The van der Waals surface area contributed by atoms with Crippen molar-refractivity contribution >= 4 is 23.0 Å². The number of aliphatic hydroxyl groups excluding tert-OH is 1. The summed E-state index contributed by atoms with van der Waals surface area (Å²) in [5.74, 6) is 0. The maximum Gasteiger partial charge on any atom is 0.184 e. The zero-order valence-corrected chi connectivity index (χ0v) is 9.22. The standard InChI is InChI=1S/C7H13IO4/c1-4-5(9)3-6(12-8)7(10-2)11-4/h4-7,9H,3H2,1-2H3/t4-,5+,6+,7+/m0/s1. The predicted octanol–water partition coefficient (Wildman–Crippen LogP) is 0.864. The lowest BCUT2D eigenvalue weighted by molar-refractivity contribution is -0.240. The van der Waals surface area contributed by atoms with E-state index in [1.807, 2.05) is 6.92 Å². The highest BCUT2D eigenvalue weighted by Gasteiger charge is 2.35. The smallest absolute Gasteiger partial charge is 0.184 e. The van der Waals surface area contributed by atoms with Gasteiger partial charge in [0.1, 0.15) is 29.1 Å². The molecule has 72 valence electrons. The van der Waals surface area contributed by atoms with Crippen LogP contribution in [0.5, 0.6) is 0 Å². The van der Waals surface area contributed by atoms with Crippen molar-refractivity contribution in [2.75, 3.05) is 7.11 Å². The van der Waals surface area contributed by atoms with Crippen molar-refractivity contribution < 1.29 is 17.6 Å². The number of hydrogen-bond donors (Lipinski definition) is 1. The lowest BCUT2D eigenvalue weighted by atomic mass is 10.0. The molecule has 0 bridgehead atoms. The third-order valence-corrected chi connectivity index (χ3v) is 2.67. The first-order valence-corrected chi connectivity index (χ1v) is 4.70. The van der Waals surface area contributed by atoms with Crippen molar-refractivity contribution in [3.63, 3.8) is 0 Å². The van der Waals surface area contributed by atoms with E-state index in [9.17, 15) is 5.11 Å². The first-order valence-electron chi connectivity index (χ1n) is 3.82. The van der Waals surface area contributed by atoms with Crippen LogP contribution in [0.2, 0.25) is 0 Å². The lowest BCUT2D eigenvalue weighted by Crippen LogP contribution is -2.46. The first-order chi connectivity index (χ1) is 5.69. The van der Waals surface area contributed by atoms with Crippen LogP contribution in [0.25, 0.3) is 0 Å².